The third kappa shape index (κ3) is 3.16. The molecule has 4 aromatic rings. The first-order valence-electron chi connectivity index (χ1n) is 7.94. The van der Waals surface area contributed by atoms with E-state index in [4.69, 9.17) is 0 Å². The maximum atomic E-state index is 12.5. The molecular formula is C19H16N4OS. The van der Waals surface area contributed by atoms with Gasteiger partial charge in [0.2, 0.25) is 0 Å². The van der Waals surface area contributed by atoms with Crippen LogP contribution < -0.4 is 5.32 Å². The molecule has 3 aromatic heterocycles. The Kier molecular flexibility index (Phi) is 4.03. The van der Waals surface area contributed by atoms with Crippen LogP contribution in [0.4, 0.5) is 0 Å². The van der Waals surface area contributed by atoms with Crippen molar-refractivity contribution in [2.75, 3.05) is 0 Å². The van der Waals surface area contributed by atoms with Crippen LogP contribution in [0.25, 0.3) is 22.2 Å². The Hall–Kier alpha value is -2.99. The molecule has 0 saturated heterocycles. The lowest BCUT2D eigenvalue weighted by Gasteiger charge is -2.11. The highest BCUT2D eigenvalue weighted by Gasteiger charge is 2.15. The maximum absolute atomic E-state index is 12.5. The van der Waals surface area contributed by atoms with E-state index >= 15 is 0 Å². The van der Waals surface area contributed by atoms with Gasteiger partial charge in [0.05, 0.1) is 11.7 Å². The third-order valence-electron chi connectivity index (χ3n) is 4.01. The zero-order valence-electron chi connectivity index (χ0n) is 13.6. The Labute approximate surface area is 148 Å². The molecule has 0 aliphatic rings. The summed E-state index contributed by atoms with van der Waals surface area (Å²) >= 11 is 1.53. The summed E-state index contributed by atoms with van der Waals surface area (Å²) in [4.78, 5) is 24.4. The fourth-order valence-electron chi connectivity index (χ4n) is 2.66. The number of carbonyl (C=O) groups excluding carboxylic acids is 1. The van der Waals surface area contributed by atoms with E-state index in [1.807, 2.05) is 54.9 Å². The van der Waals surface area contributed by atoms with Crippen LogP contribution in [0.3, 0.4) is 0 Å². The number of thiazole rings is 1. The highest BCUT2D eigenvalue weighted by atomic mass is 32.1. The molecule has 0 aliphatic carbocycles. The SMILES string of the molecule is C[C@@H](NC(=O)c1ccc2cc[nH]c2c1)c1nc(-c2cccnc2)cs1. The number of rotatable bonds is 4. The molecule has 1 aromatic carbocycles. The molecule has 0 unspecified atom stereocenters. The Morgan fingerprint density at radius 2 is 2.20 bits per heavy atom. The lowest BCUT2D eigenvalue weighted by atomic mass is 10.1. The fraction of sp³-hybridized carbons (Fsp3) is 0.105. The lowest BCUT2D eigenvalue weighted by Crippen LogP contribution is -2.26. The molecule has 1 atom stereocenters. The summed E-state index contributed by atoms with van der Waals surface area (Å²) in [7, 11) is 0. The van der Waals surface area contributed by atoms with Gasteiger partial charge in [-0.1, -0.05) is 6.07 Å². The van der Waals surface area contributed by atoms with Crippen molar-refractivity contribution in [3.05, 3.63) is 70.9 Å². The van der Waals surface area contributed by atoms with Crippen molar-refractivity contribution >= 4 is 28.1 Å². The lowest BCUT2D eigenvalue weighted by molar-refractivity contribution is 0.0940. The van der Waals surface area contributed by atoms with Gasteiger partial charge in [0.15, 0.2) is 0 Å². The minimum absolute atomic E-state index is 0.109. The van der Waals surface area contributed by atoms with Gasteiger partial charge in [0.25, 0.3) is 5.91 Å². The molecule has 25 heavy (non-hydrogen) atoms. The van der Waals surface area contributed by atoms with Crippen LogP contribution in [0.2, 0.25) is 0 Å². The second kappa shape index (κ2) is 6.49. The number of pyridine rings is 1. The van der Waals surface area contributed by atoms with Crippen molar-refractivity contribution in [1.29, 1.82) is 0 Å². The largest absolute Gasteiger partial charge is 0.361 e. The number of fused-ring (bicyclic) bond motifs is 1. The van der Waals surface area contributed by atoms with Gasteiger partial charge < -0.3 is 10.3 Å². The standard InChI is InChI=1S/C19H16N4OS/c1-12(19-23-17(11-25-19)15-3-2-7-20-10-15)22-18(24)14-5-4-13-6-8-21-16(13)9-14/h2-12,21H,1H3,(H,22,24)/t12-/m1/s1. The summed E-state index contributed by atoms with van der Waals surface area (Å²) in [5.74, 6) is -0.109. The fourth-order valence-corrected chi connectivity index (χ4v) is 3.50. The molecule has 3 heterocycles. The summed E-state index contributed by atoms with van der Waals surface area (Å²) in [6.07, 6.45) is 5.39. The number of nitrogens with one attached hydrogen (secondary N) is 2. The number of aromatic nitrogens is 3. The zero-order chi connectivity index (χ0) is 17.2. The number of hydrogen-bond acceptors (Lipinski definition) is 4. The Morgan fingerprint density at radius 3 is 3.04 bits per heavy atom. The number of amides is 1. The van der Waals surface area contributed by atoms with Crippen LogP contribution in [0.1, 0.15) is 28.3 Å². The Bertz CT molecular complexity index is 1020. The second-order valence-electron chi connectivity index (χ2n) is 5.79. The first-order valence-corrected chi connectivity index (χ1v) is 8.82. The zero-order valence-corrected chi connectivity index (χ0v) is 14.4. The molecule has 5 nitrogen and oxygen atoms in total. The Balaban J connectivity index is 1.50. The topological polar surface area (TPSA) is 70.7 Å². The van der Waals surface area contributed by atoms with E-state index < -0.39 is 0 Å². The normalized spacial score (nSPS) is 12.2. The van der Waals surface area contributed by atoms with Crippen LogP contribution in [-0.2, 0) is 0 Å². The van der Waals surface area contributed by atoms with E-state index in [9.17, 15) is 4.79 Å². The van der Waals surface area contributed by atoms with Gasteiger partial charge in [-0.3, -0.25) is 9.78 Å². The summed E-state index contributed by atoms with van der Waals surface area (Å²) < 4.78 is 0. The molecular weight excluding hydrogens is 332 g/mol. The van der Waals surface area contributed by atoms with E-state index in [-0.39, 0.29) is 11.9 Å². The van der Waals surface area contributed by atoms with E-state index in [1.165, 1.54) is 11.3 Å². The van der Waals surface area contributed by atoms with Crippen LogP contribution in [0.15, 0.2) is 60.4 Å². The van der Waals surface area contributed by atoms with Gasteiger partial charge in [-0.15, -0.1) is 11.3 Å². The minimum Gasteiger partial charge on any atom is -0.361 e. The number of H-pyrrole nitrogens is 1. The first-order chi connectivity index (χ1) is 12.2. The van der Waals surface area contributed by atoms with Gasteiger partial charge >= 0.3 is 0 Å². The summed E-state index contributed by atoms with van der Waals surface area (Å²) in [5.41, 5.74) is 3.43. The second-order valence-corrected chi connectivity index (χ2v) is 6.68. The van der Waals surface area contributed by atoms with Gasteiger partial charge in [0, 0.05) is 40.6 Å². The molecule has 0 saturated carbocycles. The number of nitrogens with zero attached hydrogens (tertiary/aromatic N) is 2. The summed E-state index contributed by atoms with van der Waals surface area (Å²) in [5, 5.41) is 6.96. The minimum atomic E-state index is -0.165. The molecule has 1 amide bonds. The van der Waals surface area contributed by atoms with E-state index in [1.54, 1.807) is 12.4 Å². The highest BCUT2D eigenvalue weighted by Crippen LogP contribution is 2.25. The molecule has 6 heteroatoms. The summed E-state index contributed by atoms with van der Waals surface area (Å²) in [6.45, 7) is 1.94. The predicted octanol–water partition coefficient (Wildman–Crippen LogP) is 4.18. The molecule has 124 valence electrons. The van der Waals surface area contributed by atoms with Gasteiger partial charge in [-0.05, 0) is 42.6 Å². The van der Waals surface area contributed by atoms with Crippen LogP contribution >= 0.6 is 11.3 Å². The highest BCUT2D eigenvalue weighted by molar-refractivity contribution is 7.10. The summed E-state index contributed by atoms with van der Waals surface area (Å²) in [6, 6.07) is 11.3. The van der Waals surface area contributed by atoms with Crippen molar-refractivity contribution < 1.29 is 4.79 Å². The number of hydrogen-bond donors (Lipinski definition) is 2. The van der Waals surface area contributed by atoms with Crippen LogP contribution in [0, 0.1) is 0 Å². The third-order valence-corrected chi connectivity index (χ3v) is 5.04. The number of carbonyl (C=O) groups is 1. The predicted molar refractivity (Wildman–Crippen MR) is 99.5 cm³/mol. The smallest absolute Gasteiger partial charge is 0.251 e. The first kappa shape index (κ1) is 15.5. The number of aromatic amines is 1. The van der Waals surface area contributed by atoms with Gasteiger partial charge in [-0.25, -0.2) is 4.98 Å². The van der Waals surface area contributed by atoms with E-state index in [0.29, 0.717) is 5.56 Å². The van der Waals surface area contributed by atoms with Gasteiger partial charge in [0.1, 0.15) is 5.01 Å². The van der Waals surface area contributed by atoms with Crippen molar-refractivity contribution in [2.24, 2.45) is 0 Å². The Morgan fingerprint density at radius 1 is 1.28 bits per heavy atom. The maximum Gasteiger partial charge on any atom is 0.251 e. The molecule has 0 aliphatic heterocycles. The van der Waals surface area contributed by atoms with Crippen molar-refractivity contribution in [1.82, 2.24) is 20.3 Å². The quantitative estimate of drug-likeness (QED) is 0.581. The molecule has 0 fully saturated rings. The van der Waals surface area contributed by atoms with Crippen LogP contribution in [-0.4, -0.2) is 20.9 Å². The van der Waals surface area contributed by atoms with Crippen molar-refractivity contribution in [2.45, 2.75) is 13.0 Å². The molecule has 0 radical (unpaired) electrons. The molecule has 0 bridgehead atoms. The average molecular weight is 348 g/mol. The molecule has 0 spiro atoms. The van der Waals surface area contributed by atoms with Crippen molar-refractivity contribution in [3.63, 3.8) is 0 Å². The van der Waals surface area contributed by atoms with Gasteiger partial charge in [-0.2, -0.15) is 0 Å². The van der Waals surface area contributed by atoms with E-state index in [2.05, 4.69) is 20.3 Å². The number of benzene rings is 1. The molecule has 2 N–H and O–H groups in total. The monoisotopic (exact) mass is 348 g/mol. The van der Waals surface area contributed by atoms with Crippen molar-refractivity contribution in [3.8, 4) is 11.3 Å². The van der Waals surface area contributed by atoms with E-state index in [0.717, 1.165) is 27.2 Å². The average Bonchev–Trinajstić information content (AvgIpc) is 3.31. The molecule has 4 rings (SSSR count). The van der Waals surface area contributed by atoms with Crippen LogP contribution in [0.5, 0.6) is 0 Å².